The number of halogens is 1. The van der Waals surface area contributed by atoms with E-state index in [0.717, 1.165) is 48.7 Å². The topological polar surface area (TPSA) is 43.0 Å². The number of nitrogens with zero attached hydrogens (tertiary/aromatic N) is 1. The summed E-state index contributed by atoms with van der Waals surface area (Å²) in [5, 5.41) is 3.51. The minimum Gasteiger partial charge on any atom is -0.454 e. The molecule has 3 rings (SSSR count). The van der Waals surface area contributed by atoms with Gasteiger partial charge < -0.3 is 19.5 Å². The summed E-state index contributed by atoms with van der Waals surface area (Å²) in [6.45, 7) is 9.79. The largest absolute Gasteiger partial charge is 0.454 e. The van der Waals surface area contributed by atoms with Crippen LogP contribution in [0.5, 0.6) is 11.5 Å². The highest BCUT2D eigenvalue weighted by Gasteiger charge is 2.21. The van der Waals surface area contributed by atoms with E-state index in [1.165, 1.54) is 18.4 Å². The summed E-state index contributed by atoms with van der Waals surface area (Å²) in [7, 11) is 0. The van der Waals surface area contributed by atoms with E-state index in [1.807, 2.05) is 0 Å². The molecule has 0 aromatic heterocycles. The van der Waals surface area contributed by atoms with Crippen LogP contribution in [0.4, 0.5) is 0 Å². The first kappa shape index (κ1) is 18.0. The number of hydrogen-bond acceptors (Lipinski definition) is 5. The van der Waals surface area contributed by atoms with Gasteiger partial charge in [0.05, 0.1) is 16.7 Å². The minimum atomic E-state index is 0.309. The van der Waals surface area contributed by atoms with E-state index in [0.29, 0.717) is 19.0 Å². The van der Waals surface area contributed by atoms with Crippen molar-refractivity contribution in [1.82, 2.24) is 10.2 Å². The zero-order chi connectivity index (χ0) is 16.9. The molecule has 1 aromatic rings. The fourth-order valence-corrected chi connectivity index (χ4v) is 4.01. The Morgan fingerprint density at radius 2 is 1.96 bits per heavy atom. The number of benzene rings is 1. The van der Waals surface area contributed by atoms with Gasteiger partial charge in [-0.2, -0.15) is 0 Å². The van der Waals surface area contributed by atoms with Crippen molar-refractivity contribution in [1.29, 1.82) is 0 Å². The fourth-order valence-electron chi connectivity index (χ4n) is 3.41. The molecule has 0 spiro atoms. The Morgan fingerprint density at radius 1 is 1.17 bits per heavy atom. The molecule has 0 aliphatic carbocycles. The standard InChI is InChI=1S/C18H27BrN2O3/c1-13-10-21(11-14(2)24-13)6-4-3-5-20-9-15-7-16(19)18-17(8-15)22-12-23-18/h7-8,13-14,20H,3-6,9-12H2,1-2H3. The number of ether oxygens (including phenoxy) is 3. The highest BCUT2D eigenvalue weighted by Crippen LogP contribution is 2.39. The highest BCUT2D eigenvalue weighted by atomic mass is 79.9. The zero-order valence-electron chi connectivity index (χ0n) is 14.5. The summed E-state index contributed by atoms with van der Waals surface area (Å²) in [6.07, 6.45) is 3.12. The SMILES string of the molecule is CC1CN(CCCCNCc2cc(Br)c3c(c2)OCO3)CC(C)O1. The first-order valence-corrected chi connectivity index (χ1v) is 9.57. The van der Waals surface area contributed by atoms with E-state index in [4.69, 9.17) is 14.2 Å². The number of unbranched alkanes of at least 4 members (excludes halogenated alkanes) is 1. The predicted octanol–water partition coefficient (Wildman–Crippen LogP) is 3.16. The summed E-state index contributed by atoms with van der Waals surface area (Å²) in [4.78, 5) is 2.52. The van der Waals surface area contributed by atoms with Crippen LogP contribution < -0.4 is 14.8 Å². The molecule has 134 valence electrons. The van der Waals surface area contributed by atoms with Gasteiger partial charge in [0.1, 0.15) is 0 Å². The maximum Gasteiger partial charge on any atom is 0.231 e. The molecule has 0 amide bonds. The van der Waals surface area contributed by atoms with Gasteiger partial charge in [0.2, 0.25) is 6.79 Å². The molecule has 0 bridgehead atoms. The molecule has 1 aromatic carbocycles. The Labute approximate surface area is 152 Å². The van der Waals surface area contributed by atoms with Crippen LogP contribution in [0.3, 0.4) is 0 Å². The molecule has 2 atom stereocenters. The number of morpholine rings is 1. The Kier molecular flexibility index (Phi) is 6.38. The second-order valence-electron chi connectivity index (χ2n) is 6.71. The predicted molar refractivity (Wildman–Crippen MR) is 97.7 cm³/mol. The number of rotatable bonds is 7. The fraction of sp³-hybridized carbons (Fsp3) is 0.667. The van der Waals surface area contributed by atoms with Crippen LogP contribution in [0.1, 0.15) is 32.3 Å². The normalized spacial score (nSPS) is 23.6. The Bertz CT molecular complexity index is 545. The van der Waals surface area contributed by atoms with E-state index in [9.17, 15) is 0 Å². The van der Waals surface area contributed by atoms with Gasteiger partial charge in [-0.05, 0) is 73.4 Å². The molecule has 2 heterocycles. The van der Waals surface area contributed by atoms with E-state index in [2.05, 4.69) is 52.1 Å². The Balaban J connectivity index is 1.32. The lowest BCUT2D eigenvalue weighted by Gasteiger charge is -2.35. The minimum absolute atomic E-state index is 0.309. The van der Waals surface area contributed by atoms with Crippen LogP contribution in [0.2, 0.25) is 0 Å². The van der Waals surface area contributed by atoms with Crippen LogP contribution in [0.15, 0.2) is 16.6 Å². The summed E-state index contributed by atoms with van der Waals surface area (Å²) in [5.74, 6) is 1.64. The molecule has 1 saturated heterocycles. The quantitative estimate of drug-likeness (QED) is 0.714. The van der Waals surface area contributed by atoms with Crippen LogP contribution in [0, 0.1) is 0 Å². The van der Waals surface area contributed by atoms with Crippen molar-refractivity contribution < 1.29 is 14.2 Å². The first-order chi connectivity index (χ1) is 11.6. The van der Waals surface area contributed by atoms with Gasteiger partial charge in [0.15, 0.2) is 11.5 Å². The molecule has 5 nitrogen and oxygen atoms in total. The van der Waals surface area contributed by atoms with Crippen molar-refractivity contribution in [2.24, 2.45) is 0 Å². The molecule has 0 radical (unpaired) electrons. The molecule has 1 fully saturated rings. The molecule has 1 N–H and O–H groups in total. The first-order valence-electron chi connectivity index (χ1n) is 8.78. The van der Waals surface area contributed by atoms with Crippen molar-refractivity contribution in [3.8, 4) is 11.5 Å². The lowest BCUT2D eigenvalue weighted by Crippen LogP contribution is -2.45. The number of fused-ring (bicyclic) bond motifs is 1. The summed E-state index contributed by atoms with van der Waals surface area (Å²) >= 11 is 3.54. The molecule has 6 heteroatoms. The van der Waals surface area contributed by atoms with E-state index >= 15 is 0 Å². The molecule has 24 heavy (non-hydrogen) atoms. The third kappa shape index (κ3) is 4.85. The summed E-state index contributed by atoms with van der Waals surface area (Å²) < 4.78 is 17.6. The second kappa shape index (κ2) is 8.52. The molecule has 2 aliphatic rings. The van der Waals surface area contributed by atoms with Gasteiger partial charge in [-0.3, -0.25) is 4.90 Å². The molecule has 2 aliphatic heterocycles. The Hall–Kier alpha value is -0.820. The van der Waals surface area contributed by atoms with Crippen molar-refractivity contribution in [3.05, 3.63) is 22.2 Å². The third-order valence-electron chi connectivity index (χ3n) is 4.39. The second-order valence-corrected chi connectivity index (χ2v) is 7.57. The monoisotopic (exact) mass is 398 g/mol. The van der Waals surface area contributed by atoms with Crippen molar-refractivity contribution in [3.63, 3.8) is 0 Å². The smallest absolute Gasteiger partial charge is 0.231 e. The maximum absolute atomic E-state index is 5.77. The van der Waals surface area contributed by atoms with Gasteiger partial charge in [-0.25, -0.2) is 0 Å². The van der Waals surface area contributed by atoms with E-state index in [-0.39, 0.29) is 0 Å². The van der Waals surface area contributed by atoms with Gasteiger partial charge in [0.25, 0.3) is 0 Å². The van der Waals surface area contributed by atoms with Gasteiger partial charge in [-0.1, -0.05) is 0 Å². The maximum atomic E-state index is 5.77. The van der Waals surface area contributed by atoms with Crippen LogP contribution in [0.25, 0.3) is 0 Å². The molecule has 0 saturated carbocycles. The van der Waals surface area contributed by atoms with Crippen LogP contribution in [-0.4, -0.2) is 50.1 Å². The summed E-state index contributed by atoms with van der Waals surface area (Å²) in [5.41, 5.74) is 1.21. The molecular formula is C18H27BrN2O3. The number of hydrogen-bond donors (Lipinski definition) is 1. The highest BCUT2D eigenvalue weighted by molar-refractivity contribution is 9.10. The average molecular weight is 399 g/mol. The van der Waals surface area contributed by atoms with Gasteiger partial charge >= 0.3 is 0 Å². The lowest BCUT2D eigenvalue weighted by atomic mass is 10.2. The van der Waals surface area contributed by atoms with Crippen molar-refractivity contribution in [2.45, 2.75) is 45.4 Å². The third-order valence-corrected chi connectivity index (χ3v) is 4.98. The van der Waals surface area contributed by atoms with Gasteiger partial charge in [0, 0.05) is 19.6 Å². The van der Waals surface area contributed by atoms with Crippen molar-refractivity contribution in [2.75, 3.05) is 33.0 Å². The average Bonchev–Trinajstić information content (AvgIpc) is 2.99. The molecule has 2 unspecified atom stereocenters. The zero-order valence-corrected chi connectivity index (χ0v) is 16.1. The van der Waals surface area contributed by atoms with Crippen LogP contribution in [-0.2, 0) is 11.3 Å². The van der Waals surface area contributed by atoms with E-state index in [1.54, 1.807) is 0 Å². The number of nitrogens with one attached hydrogen (secondary N) is 1. The summed E-state index contributed by atoms with van der Waals surface area (Å²) in [6, 6.07) is 4.15. The Morgan fingerprint density at radius 3 is 2.75 bits per heavy atom. The lowest BCUT2D eigenvalue weighted by molar-refractivity contribution is -0.0681. The van der Waals surface area contributed by atoms with Crippen molar-refractivity contribution >= 4 is 15.9 Å². The van der Waals surface area contributed by atoms with E-state index < -0.39 is 0 Å². The van der Waals surface area contributed by atoms with Gasteiger partial charge in [-0.15, -0.1) is 0 Å². The van der Waals surface area contributed by atoms with Crippen LogP contribution >= 0.6 is 15.9 Å². The molecular weight excluding hydrogens is 372 g/mol.